The van der Waals surface area contributed by atoms with E-state index in [-0.39, 0.29) is 0 Å². The minimum Gasteiger partial charge on any atom is -0.0654 e. The molecule has 1 unspecified atom stereocenters. The monoisotopic (exact) mass is 240 g/mol. The zero-order valence-corrected chi connectivity index (χ0v) is 13.1. The van der Waals surface area contributed by atoms with Gasteiger partial charge in [-0.25, -0.2) is 0 Å². The van der Waals surface area contributed by atoms with Crippen molar-refractivity contribution >= 4 is 0 Å². The molecule has 0 spiro atoms. The van der Waals surface area contributed by atoms with Crippen LogP contribution < -0.4 is 0 Å². The van der Waals surface area contributed by atoms with Crippen LogP contribution in [0.1, 0.15) is 92.4 Å². The molecular formula is C17H36. The fourth-order valence-corrected chi connectivity index (χ4v) is 2.61. The second-order valence-corrected chi connectivity index (χ2v) is 6.53. The van der Waals surface area contributed by atoms with E-state index in [0.717, 1.165) is 17.8 Å². The summed E-state index contributed by atoms with van der Waals surface area (Å²) >= 11 is 0. The van der Waals surface area contributed by atoms with Crippen molar-refractivity contribution in [3.05, 3.63) is 0 Å². The zero-order valence-electron chi connectivity index (χ0n) is 13.1. The lowest BCUT2D eigenvalue weighted by molar-refractivity contribution is 0.308. The molecule has 0 fully saturated rings. The third kappa shape index (κ3) is 10.9. The fourth-order valence-electron chi connectivity index (χ4n) is 2.61. The fraction of sp³-hybridized carbons (Fsp3) is 1.00. The van der Waals surface area contributed by atoms with Gasteiger partial charge in [0.2, 0.25) is 0 Å². The first-order valence-electron chi connectivity index (χ1n) is 8.07. The Morgan fingerprint density at radius 1 is 0.647 bits per heavy atom. The summed E-state index contributed by atoms with van der Waals surface area (Å²) in [5, 5.41) is 0. The molecule has 0 N–H and O–H groups in total. The number of hydrogen-bond donors (Lipinski definition) is 0. The molecule has 0 heterocycles. The van der Waals surface area contributed by atoms with Crippen molar-refractivity contribution in [1.82, 2.24) is 0 Å². The Bertz CT molecular complexity index is 146. The third-order valence-corrected chi connectivity index (χ3v) is 3.98. The van der Waals surface area contributed by atoms with Gasteiger partial charge in [0.05, 0.1) is 0 Å². The lowest BCUT2D eigenvalue weighted by atomic mass is 9.85. The van der Waals surface area contributed by atoms with Crippen molar-refractivity contribution in [3.63, 3.8) is 0 Å². The number of unbranched alkanes of at least 4 members (excludes halogenated alkanes) is 4. The van der Waals surface area contributed by atoms with Crippen molar-refractivity contribution in [2.24, 2.45) is 17.8 Å². The van der Waals surface area contributed by atoms with E-state index < -0.39 is 0 Å². The van der Waals surface area contributed by atoms with Gasteiger partial charge in [0.1, 0.15) is 0 Å². The van der Waals surface area contributed by atoms with Crippen molar-refractivity contribution in [3.8, 4) is 0 Å². The Hall–Kier alpha value is 0. The molecule has 0 bridgehead atoms. The second-order valence-electron chi connectivity index (χ2n) is 6.53. The standard InChI is InChI=1S/C17H36/c1-6-7-8-9-10-13-17(16(4)5)14-11-12-15(2)3/h15-17H,6-14H2,1-5H3. The quantitative estimate of drug-likeness (QED) is 0.364. The molecule has 0 amide bonds. The first kappa shape index (κ1) is 17.0. The van der Waals surface area contributed by atoms with Crippen molar-refractivity contribution < 1.29 is 0 Å². The number of hydrogen-bond acceptors (Lipinski definition) is 0. The lowest BCUT2D eigenvalue weighted by Crippen LogP contribution is -2.09. The van der Waals surface area contributed by atoms with E-state index in [0.29, 0.717) is 0 Å². The molecule has 0 aliphatic rings. The molecule has 0 aromatic heterocycles. The molecule has 0 radical (unpaired) electrons. The summed E-state index contributed by atoms with van der Waals surface area (Å²) in [7, 11) is 0. The van der Waals surface area contributed by atoms with Crippen LogP contribution in [0.15, 0.2) is 0 Å². The van der Waals surface area contributed by atoms with E-state index in [4.69, 9.17) is 0 Å². The van der Waals surface area contributed by atoms with Crippen LogP contribution >= 0.6 is 0 Å². The third-order valence-electron chi connectivity index (χ3n) is 3.98. The molecule has 17 heavy (non-hydrogen) atoms. The van der Waals surface area contributed by atoms with Gasteiger partial charge >= 0.3 is 0 Å². The van der Waals surface area contributed by atoms with E-state index in [1.807, 2.05) is 0 Å². The van der Waals surface area contributed by atoms with Gasteiger partial charge in [0.15, 0.2) is 0 Å². The molecule has 1 atom stereocenters. The van der Waals surface area contributed by atoms with Gasteiger partial charge in [-0.2, -0.15) is 0 Å². The predicted octanol–water partition coefficient (Wildman–Crippen LogP) is 6.45. The Morgan fingerprint density at radius 2 is 1.24 bits per heavy atom. The van der Waals surface area contributed by atoms with E-state index in [1.165, 1.54) is 57.8 Å². The van der Waals surface area contributed by atoms with Gasteiger partial charge in [0, 0.05) is 0 Å². The summed E-state index contributed by atoms with van der Waals surface area (Å²) in [5.41, 5.74) is 0. The molecule has 0 saturated heterocycles. The topological polar surface area (TPSA) is 0 Å². The van der Waals surface area contributed by atoms with Crippen LogP contribution in [-0.4, -0.2) is 0 Å². The van der Waals surface area contributed by atoms with Gasteiger partial charge in [-0.3, -0.25) is 0 Å². The summed E-state index contributed by atoms with van der Waals surface area (Å²) in [4.78, 5) is 0. The molecule has 0 rings (SSSR count). The van der Waals surface area contributed by atoms with Gasteiger partial charge in [-0.05, 0) is 17.8 Å². The zero-order chi connectivity index (χ0) is 13.1. The molecule has 0 saturated carbocycles. The first-order valence-corrected chi connectivity index (χ1v) is 8.07. The van der Waals surface area contributed by atoms with Crippen LogP contribution in [0.25, 0.3) is 0 Å². The number of rotatable bonds is 11. The molecule has 0 aliphatic carbocycles. The van der Waals surface area contributed by atoms with E-state index in [9.17, 15) is 0 Å². The highest BCUT2D eigenvalue weighted by Crippen LogP contribution is 2.25. The molecular weight excluding hydrogens is 204 g/mol. The average Bonchev–Trinajstić information content (AvgIpc) is 2.25. The molecule has 0 aromatic carbocycles. The van der Waals surface area contributed by atoms with Gasteiger partial charge in [-0.1, -0.05) is 92.4 Å². The normalized spacial score (nSPS) is 13.6. The summed E-state index contributed by atoms with van der Waals surface area (Å²) in [6.45, 7) is 11.8. The van der Waals surface area contributed by atoms with Crippen molar-refractivity contribution in [1.29, 1.82) is 0 Å². The van der Waals surface area contributed by atoms with Crippen molar-refractivity contribution in [2.75, 3.05) is 0 Å². The van der Waals surface area contributed by atoms with Gasteiger partial charge < -0.3 is 0 Å². The Kier molecular flexibility index (Phi) is 11.1. The maximum Gasteiger partial charge on any atom is -0.0391 e. The van der Waals surface area contributed by atoms with Crippen LogP contribution in [0, 0.1) is 17.8 Å². The molecule has 0 heteroatoms. The lowest BCUT2D eigenvalue weighted by Gasteiger charge is -2.21. The smallest absolute Gasteiger partial charge is 0.0391 e. The predicted molar refractivity (Wildman–Crippen MR) is 80.4 cm³/mol. The van der Waals surface area contributed by atoms with Gasteiger partial charge in [-0.15, -0.1) is 0 Å². The minimum atomic E-state index is 0.882. The summed E-state index contributed by atoms with van der Waals surface area (Å²) in [5.74, 6) is 2.75. The van der Waals surface area contributed by atoms with Crippen LogP contribution in [0.3, 0.4) is 0 Å². The molecule has 104 valence electrons. The Labute approximate surface area is 111 Å². The van der Waals surface area contributed by atoms with E-state index in [1.54, 1.807) is 0 Å². The highest BCUT2D eigenvalue weighted by Gasteiger charge is 2.12. The molecule has 0 aromatic rings. The van der Waals surface area contributed by atoms with Gasteiger partial charge in [0.25, 0.3) is 0 Å². The van der Waals surface area contributed by atoms with Crippen molar-refractivity contribution in [2.45, 2.75) is 92.4 Å². The maximum atomic E-state index is 2.41. The largest absolute Gasteiger partial charge is 0.0654 e. The Morgan fingerprint density at radius 3 is 1.76 bits per heavy atom. The minimum absolute atomic E-state index is 0.882. The second kappa shape index (κ2) is 11.1. The Balaban J connectivity index is 3.60. The van der Waals surface area contributed by atoms with E-state index in [2.05, 4.69) is 34.6 Å². The summed E-state index contributed by atoms with van der Waals surface area (Å²) < 4.78 is 0. The SMILES string of the molecule is CCCCCCCC(CCCC(C)C)C(C)C. The average molecular weight is 240 g/mol. The maximum absolute atomic E-state index is 2.41. The first-order chi connectivity index (χ1) is 8.07. The highest BCUT2D eigenvalue weighted by atomic mass is 14.2. The highest BCUT2D eigenvalue weighted by molar-refractivity contribution is 4.64. The summed E-state index contributed by atoms with van der Waals surface area (Å²) in [6, 6.07) is 0. The molecule has 0 aliphatic heterocycles. The van der Waals surface area contributed by atoms with Crippen LogP contribution in [-0.2, 0) is 0 Å². The van der Waals surface area contributed by atoms with Crippen LogP contribution in [0.5, 0.6) is 0 Å². The van der Waals surface area contributed by atoms with E-state index >= 15 is 0 Å². The summed E-state index contributed by atoms with van der Waals surface area (Å²) in [6.07, 6.45) is 13.0. The van der Waals surface area contributed by atoms with Crippen LogP contribution in [0.4, 0.5) is 0 Å². The molecule has 0 nitrogen and oxygen atoms in total. The van der Waals surface area contributed by atoms with Crippen LogP contribution in [0.2, 0.25) is 0 Å².